The Morgan fingerprint density at radius 1 is 1.25 bits per heavy atom. The van der Waals surface area contributed by atoms with Gasteiger partial charge >= 0.3 is 0 Å². The van der Waals surface area contributed by atoms with E-state index in [1.165, 1.54) is 0 Å². The Labute approximate surface area is 79.2 Å². The standard InChI is InChI=1S/C9H13NO.ClH/c1-7-4-5-9(11)8(6-7)10(2)3;/h4-6,11H,1-3H3;1H. The number of benzene rings is 1. The number of aryl methyl sites for hydroxylation is 1. The van der Waals surface area contributed by atoms with Crippen LogP contribution in [0.15, 0.2) is 18.2 Å². The number of phenols is 1. The lowest BCUT2D eigenvalue weighted by atomic mass is 10.2. The van der Waals surface area contributed by atoms with Crippen LogP contribution in [0, 0.1) is 6.92 Å². The molecule has 0 unspecified atom stereocenters. The molecule has 0 amide bonds. The van der Waals surface area contributed by atoms with Crippen LogP contribution < -0.4 is 4.90 Å². The summed E-state index contributed by atoms with van der Waals surface area (Å²) in [6, 6.07) is 5.56. The van der Waals surface area contributed by atoms with Crippen LogP contribution in [-0.2, 0) is 0 Å². The van der Waals surface area contributed by atoms with Crippen molar-refractivity contribution in [2.75, 3.05) is 19.0 Å². The van der Waals surface area contributed by atoms with Gasteiger partial charge in [-0.15, -0.1) is 12.4 Å². The van der Waals surface area contributed by atoms with Gasteiger partial charge in [0.05, 0.1) is 5.69 Å². The number of phenolic OH excluding ortho intramolecular Hbond substituents is 1. The maximum atomic E-state index is 9.36. The van der Waals surface area contributed by atoms with Crippen LogP contribution in [0.25, 0.3) is 0 Å². The molecule has 0 aliphatic rings. The molecule has 0 heterocycles. The fourth-order valence-electron chi connectivity index (χ4n) is 0.992. The zero-order valence-corrected chi connectivity index (χ0v) is 8.35. The zero-order valence-electron chi connectivity index (χ0n) is 7.53. The minimum absolute atomic E-state index is 0. The molecule has 0 atom stereocenters. The Morgan fingerprint density at radius 2 is 1.83 bits per heavy atom. The third-order valence-electron chi connectivity index (χ3n) is 1.61. The van der Waals surface area contributed by atoms with Crippen molar-refractivity contribution in [1.82, 2.24) is 0 Å². The minimum Gasteiger partial charge on any atom is -0.506 e. The molecule has 0 radical (unpaired) electrons. The highest BCUT2D eigenvalue weighted by molar-refractivity contribution is 5.85. The highest BCUT2D eigenvalue weighted by atomic mass is 35.5. The molecule has 0 saturated carbocycles. The van der Waals surface area contributed by atoms with E-state index in [1.807, 2.05) is 38.1 Å². The normalized spacial score (nSPS) is 8.92. The number of rotatable bonds is 1. The Bertz CT molecular complexity index is 261. The summed E-state index contributed by atoms with van der Waals surface area (Å²) in [5.41, 5.74) is 2.02. The fourth-order valence-corrected chi connectivity index (χ4v) is 0.992. The summed E-state index contributed by atoms with van der Waals surface area (Å²) in [5, 5.41) is 9.36. The summed E-state index contributed by atoms with van der Waals surface area (Å²) in [7, 11) is 3.82. The molecule has 0 saturated heterocycles. The maximum Gasteiger partial charge on any atom is 0.138 e. The summed E-state index contributed by atoms with van der Waals surface area (Å²) in [4.78, 5) is 1.89. The van der Waals surface area contributed by atoms with Gasteiger partial charge in [-0.1, -0.05) is 6.07 Å². The van der Waals surface area contributed by atoms with Crippen molar-refractivity contribution in [3.63, 3.8) is 0 Å². The van der Waals surface area contributed by atoms with E-state index in [-0.39, 0.29) is 12.4 Å². The second kappa shape index (κ2) is 4.21. The molecule has 1 aromatic rings. The van der Waals surface area contributed by atoms with Crippen molar-refractivity contribution in [2.24, 2.45) is 0 Å². The molecular formula is C9H14ClNO. The largest absolute Gasteiger partial charge is 0.506 e. The first-order valence-corrected chi connectivity index (χ1v) is 3.58. The topological polar surface area (TPSA) is 23.5 Å². The van der Waals surface area contributed by atoms with Crippen LogP contribution in [0.1, 0.15) is 5.56 Å². The van der Waals surface area contributed by atoms with Gasteiger partial charge in [-0.3, -0.25) is 0 Å². The first kappa shape index (κ1) is 11.1. The van der Waals surface area contributed by atoms with Crippen LogP contribution in [0.3, 0.4) is 0 Å². The van der Waals surface area contributed by atoms with Crippen molar-refractivity contribution < 1.29 is 5.11 Å². The molecule has 1 aromatic carbocycles. The van der Waals surface area contributed by atoms with Gasteiger partial charge in [0.2, 0.25) is 0 Å². The Hall–Kier alpha value is -0.890. The van der Waals surface area contributed by atoms with E-state index in [2.05, 4.69) is 0 Å². The summed E-state index contributed by atoms with van der Waals surface area (Å²) in [6.07, 6.45) is 0. The molecule has 2 nitrogen and oxygen atoms in total. The van der Waals surface area contributed by atoms with Gasteiger partial charge in [-0.25, -0.2) is 0 Å². The molecular weight excluding hydrogens is 174 g/mol. The summed E-state index contributed by atoms with van der Waals surface area (Å²) >= 11 is 0. The van der Waals surface area contributed by atoms with E-state index in [9.17, 15) is 5.11 Å². The van der Waals surface area contributed by atoms with Crippen molar-refractivity contribution >= 4 is 18.1 Å². The molecule has 1 N–H and O–H groups in total. The first-order valence-electron chi connectivity index (χ1n) is 3.58. The van der Waals surface area contributed by atoms with Crippen LogP contribution >= 0.6 is 12.4 Å². The van der Waals surface area contributed by atoms with Crippen LogP contribution in [-0.4, -0.2) is 19.2 Å². The molecule has 0 fully saturated rings. The van der Waals surface area contributed by atoms with Gasteiger partial charge in [0, 0.05) is 14.1 Å². The second-order valence-electron chi connectivity index (χ2n) is 2.89. The predicted octanol–water partition coefficient (Wildman–Crippen LogP) is 2.19. The molecule has 0 aliphatic heterocycles. The van der Waals surface area contributed by atoms with Gasteiger partial charge in [0.15, 0.2) is 0 Å². The Kier molecular flexibility index (Phi) is 3.90. The SMILES string of the molecule is Cc1ccc(O)c(N(C)C)c1.Cl. The molecule has 0 aromatic heterocycles. The van der Waals surface area contributed by atoms with Gasteiger partial charge in [-0.2, -0.15) is 0 Å². The molecule has 1 rings (SSSR count). The molecule has 68 valence electrons. The molecule has 0 aliphatic carbocycles. The number of hydrogen-bond donors (Lipinski definition) is 1. The van der Waals surface area contributed by atoms with Crippen molar-refractivity contribution in [3.05, 3.63) is 23.8 Å². The average molecular weight is 188 g/mol. The third-order valence-corrected chi connectivity index (χ3v) is 1.61. The van der Waals surface area contributed by atoms with Gasteiger partial charge in [0.1, 0.15) is 5.75 Å². The van der Waals surface area contributed by atoms with E-state index < -0.39 is 0 Å². The molecule has 0 bridgehead atoms. The third kappa shape index (κ3) is 2.31. The Morgan fingerprint density at radius 3 is 2.25 bits per heavy atom. The number of anilines is 1. The summed E-state index contributed by atoms with van der Waals surface area (Å²) in [5.74, 6) is 0.334. The number of nitrogens with zero attached hydrogens (tertiary/aromatic N) is 1. The fraction of sp³-hybridized carbons (Fsp3) is 0.333. The van der Waals surface area contributed by atoms with Crippen molar-refractivity contribution in [1.29, 1.82) is 0 Å². The zero-order chi connectivity index (χ0) is 8.43. The Balaban J connectivity index is 0.00000121. The quantitative estimate of drug-likeness (QED) is 0.729. The number of hydrogen-bond acceptors (Lipinski definition) is 2. The van der Waals surface area contributed by atoms with E-state index in [0.717, 1.165) is 11.3 Å². The van der Waals surface area contributed by atoms with E-state index in [1.54, 1.807) is 6.07 Å². The van der Waals surface area contributed by atoms with Crippen LogP contribution in [0.2, 0.25) is 0 Å². The van der Waals surface area contributed by atoms with E-state index in [0.29, 0.717) is 5.75 Å². The highest BCUT2D eigenvalue weighted by Gasteiger charge is 2.01. The molecule has 12 heavy (non-hydrogen) atoms. The number of halogens is 1. The summed E-state index contributed by atoms with van der Waals surface area (Å²) < 4.78 is 0. The van der Waals surface area contributed by atoms with Gasteiger partial charge < -0.3 is 10.0 Å². The van der Waals surface area contributed by atoms with Crippen molar-refractivity contribution in [2.45, 2.75) is 6.92 Å². The molecule has 3 heteroatoms. The van der Waals surface area contributed by atoms with Crippen LogP contribution in [0.5, 0.6) is 5.75 Å². The maximum absolute atomic E-state index is 9.36. The molecule has 0 spiro atoms. The smallest absolute Gasteiger partial charge is 0.138 e. The van der Waals surface area contributed by atoms with E-state index in [4.69, 9.17) is 0 Å². The van der Waals surface area contributed by atoms with Crippen LogP contribution in [0.4, 0.5) is 5.69 Å². The summed E-state index contributed by atoms with van der Waals surface area (Å²) in [6.45, 7) is 2.01. The lowest BCUT2D eigenvalue weighted by Crippen LogP contribution is -2.08. The van der Waals surface area contributed by atoms with E-state index >= 15 is 0 Å². The van der Waals surface area contributed by atoms with Crippen molar-refractivity contribution in [3.8, 4) is 5.75 Å². The lowest BCUT2D eigenvalue weighted by Gasteiger charge is -2.14. The first-order chi connectivity index (χ1) is 5.11. The second-order valence-corrected chi connectivity index (χ2v) is 2.89. The predicted molar refractivity (Wildman–Crippen MR) is 54.4 cm³/mol. The lowest BCUT2D eigenvalue weighted by molar-refractivity contribution is 0.475. The highest BCUT2D eigenvalue weighted by Crippen LogP contribution is 2.25. The minimum atomic E-state index is 0. The van der Waals surface area contributed by atoms with Gasteiger partial charge in [-0.05, 0) is 24.6 Å². The number of aromatic hydroxyl groups is 1. The monoisotopic (exact) mass is 187 g/mol. The van der Waals surface area contributed by atoms with Gasteiger partial charge in [0.25, 0.3) is 0 Å². The average Bonchev–Trinajstić information content (AvgIpc) is 1.94.